The van der Waals surface area contributed by atoms with Gasteiger partial charge in [0.1, 0.15) is 11.5 Å². The quantitative estimate of drug-likeness (QED) is 0.315. The van der Waals surface area contributed by atoms with Crippen molar-refractivity contribution >= 4 is 21.7 Å². The first-order valence-corrected chi connectivity index (χ1v) is 13.6. The van der Waals surface area contributed by atoms with Crippen molar-refractivity contribution in [1.82, 2.24) is 5.32 Å². The van der Waals surface area contributed by atoms with Gasteiger partial charge >= 0.3 is 0 Å². The molecule has 0 fully saturated rings. The predicted molar refractivity (Wildman–Crippen MR) is 143 cm³/mol. The van der Waals surface area contributed by atoms with Gasteiger partial charge in [0.15, 0.2) is 9.84 Å². The number of nitrogens with two attached hydrogens (primary N) is 1. The number of nitrogens with one attached hydrogen (secondary N) is 1. The van der Waals surface area contributed by atoms with E-state index in [1.54, 1.807) is 18.2 Å². The molecule has 0 heterocycles. The Balaban J connectivity index is 1.75. The third-order valence-electron chi connectivity index (χ3n) is 6.39. The number of benzene rings is 4. The largest absolute Gasteiger partial charge is 0.368 e. The van der Waals surface area contributed by atoms with Crippen LogP contribution in [0.5, 0.6) is 0 Å². The predicted octanol–water partition coefficient (Wildman–Crippen LogP) is 3.86. The van der Waals surface area contributed by atoms with Crippen molar-refractivity contribution in [2.75, 3.05) is 5.75 Å². The first kappa shape index (κ1) is 25.9. The Morgan fingerprint density at radius 3 is 1.43 bits per heavy atom. The SMILES string of the molecule is NC(=O)[C@@H](CCS(=O)(=O)c1ccccc1)NC(=O)C(c1ccccc1)(c1ccccc1)c1ccccc1. The van der Waals surface area contributed by atoms with Crippen molar-refractivity contribution < 1.29 is 18.0 Å². The third-order valence-corrected chi connectivity index (χ3v) is 8.15. The van der Waals surface area contributed by atoms with Crippen LogP contribution >= 0.6 is 0 Å². The molecule has 4 aromatic rings. The van der Waals surface area contributed by atoms with Gasteiger partial charge in [-0.05, 0) is 35.2 Å². The summed E-state index contributed by atoms with van der Waals surface area (Å²) in [5.74, 6) is -1.63. The van der Waals surface area contributed by atoms with Crippen molar-refractivity contribution in [2.45, 2.75) is 22.8 Å². The minimum absolute atomic E-state index is 0.150. The van der Waals surface area contributed by atoms with Crippen LogP contribution in [0.25, 0.3) is 0 Å². The molecule has 0 spiro atoms. The fraction of sp³-hybridized carbons (Fsp3) is 0.133. The lowest BCUT2D eigenvalue weighted by molar-refractivity contribution is -0.129. The second-order valence-corrected chi connectivity index (χ2v) is 10.8. The number of hydrogen-bond donors (Lipinski definition) is 2. The normalized spacial score (nSPS) is 12.4. The topological polar surface area (TPSA) is 106 Å². The molecule has 37 heavy (non-hydrogen) atoms. The Bertz CT molecular complexity index is 1350. The van der Waals surface area contributed by atoms with E-state index < -0.39 is 33.1 Å². The summed E-state index contributed by atoms with van der Waals surface area (Å²) >= 11 is 0. The number of amides is 2. The summed E-state index contributed by atoms with van der Waals surface area (Å²) in [5, 5.41) is 2.80. The number of primary amides is 1. The summed E-state index contributed by atoms with van der Waals surface area (Å²) < 4.78 is 25.7. The zero-order valence-electron chi connectivity index (χ0n) is 20.2. The molecule has 0 radical (unpaired) electrons. The van der Waals surface area contributed by atoms with Crippen LogP contribution in [0.3, 0.4) is 0 Å². The van der Waals surface area contributed by atoms with Crippen LogP contribution in [-0.4, -0.2) is 32.0 Å². The fourth-order valence-corrected chi connectivity index (χ4v) is 5.88. The van der Waals surface area contributed by atoms with E-state index in [-0.39, 0.29) is 17.1 Å². The highest BCUT2D eigenvalue weighted by Gasteiger charge is 2.44. The van der Waals surface area contributed by atoms with Gasteiger partial charge in [0.05, 0.1) is 10.6 Å². The zero-order valence-corrected chi connectivity index (χ0v) is 21.0. The molecule has 0 aliphatic heterocycles. The number of sulfone groups is 1. The first-order valence-electron chi connectivity index (χ1n) is 11.9. The molecule has 0 aliphatic rings. The van der Waals surface area contributed by atoms with Gasteiger partial charge in [0.2, 0.25) is 11.8 Å². The van der Waals surface area contributed by atoms with Crippen molar-refractivity contribution in [2.24, 2.45) is 5.73 Å². The van der Waals surface area contributed by atoms with E-state index in [0.29, 0.717) is 16.7 Å². The molecule has 0 aromatic heterocycles. The first-order chi connectivity index (χ1) is 17.9. The summed E-state index contributed by atoms with van der Waals surface area (Å²) in [6.07, 6.45) is -0.160. The number of rotatable bonds is 10. The summed E-state index contributed by atoms with van der Waals surface area (Å²) in [5.41, 5.74) is 6.45. The van der Waals surface area contributed by atoms with E-state index in [0.717, 1.165) is 0 Å². The van der Waals surface area contributed by atoms with Crippen molar-refractivity contribution in [3.8, 4) is 0 Å². The van der Waals surface area contributed by atoms with Crippen LogP contribution in [0, 0.1) is 0 Å². The second-order valence-electron chi connectivity index (χ2n) is 8.70. The highest BCUT2D eigenvalue weighted by atomic mass is 32.2. The van der Waals surface area contributed by atoms with Gasteiger partial charge in [-0.3, -0.25) is 9.59 Å². The minimum atomic E-state index is -3.68. The Kier molecular flexibility index (Phi) is 7.84. The van der Waals surface area contributed by atoms with Crippen molar-refractivity contribution in [3.63, 3.8) is 0 Å². The molecule has 2 amide bonds. The lowest BCUT2D eigenvalue weighted by atomic mass is 9.68. The molecule has 7 heteroatoms. The maximum absolute atomic E-state index is 14.3. The molecule has 4 rings (SSSR count). The standard InChI is InChI=1S/C30H28N2O4S/c31-28(33)27(21-22-37(35,36)26-19-11-4-12-20-26)32-29(34)30(23-13-5-1-6-14-23,24-15-7-2-8-16-24)25-17-9-3-10-18-25/h1-20,27H,21-22H2,(H2,31,33)(H,32,34)/t27-/m1/s1. The second kappa shape index (κ2) is 11.2. The maximum atomic E-state index is 14.3. The van der Waals surface area contributed by atoms with Gasteiger partial charge < -0.3 is 11.1 Å². The molecule has 0 unspecified atom stereocenters. The average molecular weight is 513 g/mol. The van der Waals surface area contributed by atoms with E-state index in [1.807, 2.05) is 91.0 Å². The number of hydrogen-bond acceptors (Lipinski definition) is 4. The van der Waals surface area contributed by atoms with Crippen LogP contribution in [0.4, 0.5) is 0 Å². The monoisotopic (exact) mass is 512 g/mol. The van der Waals surface area contributed by atoms with Gasteiger partial charge in [0.25, 0.3) is 0 Å². The molecule has 6 nitrogen and oxygen atoms in total. The smallest absolute Gasteiger partial charge is 0.240 e. The Morgan fingerprint density at radius 2 is 1.05 bits per heavy atom. The van der Waals surface area contributed by atoms with Gasteiger partial charge in [-0.1, -0.05) is 109 Å². The minimum Gasteiger partial charge on any atom is -0.368 e. The van der Waals surface area contributed by atoms with E-state index >= 15 is 0 Å². The van der Waals surface area contributed by atoms with Gasteiger partial charge in [-0.2, -0.15) is 0 Å². The Labute approximate surface area is 217 Å². The van der Waals surface area contributed by atoms with Crippen molar-refractivity contribution in [1.29, 1.82) is 0 Å². The van der Waals surface area contributed by atoms with Crippen LogP contribution in [0.15, 0.2) is 126 Å². The lowest BCUT2D eigenvalue weighted by Gasteiger charge is -2.35. The van der Waals surface area contributed by atoms with Gasteiger partial charge in [0, 0.05) is 0 Å². The lowest BCUT2D eigenvalue weighted by Crippen LogP contribution is -2.53. The van der Waals surface area contributed by atoms with E-state index in [1.165, 1.54) is 12.1 Å². The zero-order chi connectivity index (χ0) is 26.3. The Hall–Kier alpha value is -4.23. The fourth-order valence-electron chi connectivity index (χ4n) is 4.53. The number of carbonyl (C=O) groups is 2. The third kappa shape index (κ3) is 5.47. The summed E-state index contributed by atoms with van der Waals surface area (Å²) in [4.78, 5) is 26.9. The summed E-state index contributed by atoms with van der Waals surface area (Å²) in [6.45, 7) is 0. The van der Waals surface area contributed by atoms with Crippen LogP contribution < -0.4 is 11.1 Å². The molecule has 188 valence electrons. The van der Waals surface area contributed by atoms with E-state index in [9.17, 15) is 18.0 Å². The molecule has 0 aliphatic carbocycles. The molecule has 0 bridgehead atoms. The van der Waals surface area contributed by atoms with Crippen LogP contribution in [0.1, 0.15) is 23.1 Å². The van der Waals surface area contributed by atoms with Crippen LogP contribution in [0.2, 0.25) is 0 Å². The molecule has 0 saturated heterocycles. The molecule has 1 atom stereocenters. The number of carbonyl (C=O) groups excluding carboxylic acids is 2. The summed E-state index contributed by atoms with van der Waals surface area (Å²) in [6, 6.07) is 34.6. The molecule has 4 aromatic carbocycles. The van der Waals surface area contributed by atoms with Gasteiger partial charge in [-0.25, -0.2) is 8.42 Å². The average Bonchev–Trinajstić information content (AvgIpc) is 2.93. The highest BCUT2D eigenvalue weighted by Crippen LogP contribution is 2.39. The molecule has 3 N–H and O–H groups in total. The van der Waals surface area contributed by atoms with Crippen molar-refractivity contribution in [3.05, 3.63) is 138 Å². The molecular weight excluding hydrogens is 484 g/mol. The Morgan fingerprint density at radius 1 is 0.676 bits per heavy atom. The molecule has 0 saturated carbocycles. The van der Waals surface area contributed by atoms with E-state index in [4.69, 9.17) is 5.73 Å². The van der Waals surface area contributed by atoms with Crippen LogP contribution in [-0.2, 0) is 24.8 Å². The maximum Gasteiger partial charge on any atom is 0.240 e. The van der Waals surface area contributed by atoms with Gasteiger partial charge in [-0.15, -0.1) is 0 Å². The summed E-state index contributed by atoms with van der Waals surface area (Å²) in [7, 11) is -3.68. The highest BCUT2D eigenvalue weighted by molar-refractivity contribution is 7.91. The van der Waals surface area contributed by atoms with E-state index in [2.05, 4.69) is 5.32 Å². The molecular formula is C30H28N2O4S.